The summed E-state index contributed by atoms with van der Waals surface area (Å²) in [6.45, 7) is 6.25. The van der Waals surface area contributed by atoms with Gasteiger partial charge in [-0.25, -0.2) is 0 Å². The number of halogens is 1. The van der Waals surface area contributed by atoms with Crippen LogP contribution in [0.3, 0.4) is 0 Å². The fourth-order valence-electron chi connectivity index (χ4n) is 2.86. The van der Waals surface area contributed by atoms with E-state index in [1.165, 1.54) is 16.5 Å². The number of methoxy groups -OCH3 is 1. The number of benzene rings is 2. The lowest BCUT2D eigenvalue weighted by Crippen LogP contribution is -2.27. The van der Waals surface area contributed by atoms with Crippen LogP contribution in [0, 0.1) is 10.5 Å². The van der Waals surface area contributed by atoms with E-state index in [2.05, 4.69) is 35.2 Å². The first kappa shape index (κ1) is 21.4. The predicted molar refractivity (Wildman–Crippen MR) is 124 cm³/mol. The molecule has 0 N–H and O–H groups in total. The quantitative estimate of drug-likeness (QED) is 0.277. The van der Waals surface area contributed by atoms with E-state index in [9.17, 15) is 9.59 Å². The number of thioether (sulfide) groups is 1. The Morgan fingerprint density at radius 3 is 2.72 bits per heavy atom. The van der Waals surface area contributed by atoms with Crippen molar-refractivity contribution in [2.75, 3.05) is 13.7 Å². The Morgan fingerprint density at radius 1 is 1.24 bits per heavy atom. The summed E-state index contributed by atoms with van der Waals surface area (Å²) >= 11 is 3.11. The molecule has 1 saturated heterocycles. The van der Waals surface area contributed by atoms with Gasteiger partial charge in [-0.15, -0.1) is 6.58 Å². The van der Waals surface area contributed by atoms with Crippen LogP contribution >= 0.6 is 34.4 Å². The van der Waals surface area contributed by atoms with E-state index >= 15 is 0 Å². The zero-order valence-corrected chi connectivity index (χ0v) is 19.1. The number of hydrogen-bond donors (Lipinski definition) is 0. The molecule has 150 valence electrons. The average molecular weight is 521 g/mol. The topological polar surface area (TPSA) is 55.8 Å². The smallest absolute Gasteiger partial charge is 0.293 e. The summed E-state index contributed by atoms with van der Waals surface area (Å²) in [6, 6.07) is 11.8. The molecule has 0 unspecified atom stereocenters. The summed E-state index contributed by atoms with van der Waals surface area (Å²) in [6.07, 6.45) is 3.23. The van der Waals surface area contributed by atoms with Gasteiger partial charge in [-0.1, -0.05) is 35.9 Å². The molecule has 0 bridgehead atoms. The van der Waals surface area contributed by atoms with E-state index in [1.54, 1.807) is 19.3 Å². The minimum Gasteiger partial charge on any atom is -0.493 e. The third-order valence-electron chi connectivity index (χ3n) is 4.20. The normalized spacial score (nSPS) is 15.1. The number of rotatable bonds is 7. The second-order valence-electron chi connectivity index (χ2n) is 6.39. The van der Waals surface area contributed by atoms with E-state index in [0.29, 0.717) is 23.0 Å². The molecule has 2 aromatic rings. The van der Waals surface area contributed by atoms with E-state index < -0.39 is 0 Å². The molecule has 0 radical (unpaired) electrons. The van der Waals surface area contributed by atoms with E-state index in [4.69, 9.17) is 9.47 Å². The second kappa shape index (κ2) is 9.49. The molecule has 1 aliphatic heterocycles. The van der Waals surface area contributed by atoms with Gasteiger partial charge in [0, 0.05) is 6.54 Å². The monoisotopic (exact) mass is 521 g/mol. The lowest BCUT2D eigenvalue weighted by atomic mass is 10.1. The van der Waals surface area contributed by atoms with Crippen molar-refractivity contribution in [1.29, 1.82) is 0 Å². The molecule has 0 aromatic heterocycles. The van der Waals surface area contributed by atoms with Crippen LogP contribution in [-0.2, 0) is 11.4 Å². The van der Waals surface area contributed by atoms with Crippen molar-refractivity contribution in [3.05, 3.63) is 74.2 Å². The van der Waals surface area contributed by atoms with Gasteiger partial charge < -0.3 is 9.47 Å². The van der Waals surface area contributed by atoms with Gasteiger partial charge in [0.15, 0.2) is 11.5 Å². The lowest BCUT2D eigenvalue weighted by molar-refractivity contribution is -0.122. The fourth-order valence-corrected chi connectivity index (χ4v) is 4.49. The standard InChI is InChI=1S/C22H20INO4S/c1-4-8-24-21(25)19(29-22(24)26)12-16-10-17(23)20(18(11-16)27-3)28-13-15-7-5-6-14(2)9-15/h4-7,9-12H,1,8,13H2,2-3H3/b19-12+. The first-order chi connectivity index (χ1) is 13.9. The largest absolute Gasteiger partial charge is 0.493 e. The minimum atomic E-state index is -0.311. The van der Waals surface area contributed by atoms with Crippen LogP contribution in [0.5, 0.6) is 11.5 Å². The first-order valence-corrected chi connectivity index (χ1v) is 10.7. The molecule has 29 heavy (non-hydrogen) atoms. The fraction of sp³-hybridized carbons (Fsp3) is 0.182. The number of ether oxygens (including phenoxy) is 2. The molecule has 1 aliphatic rings. The highest BCUT2D eigenvalue weighted by molar-refractivity contribution is 14.1. The van der Waals surface area contributed by atoms with Crippen molar-refractivity contribution >= 4 is 51.6 Å². The van der Waals surface area contributed by atoms with Gasteiger partial charge >= 0.3 is 0 Å². The number of amides is 2. The minimum absolute atomic E-state index is 0.203. The maximum Gasteiger partial charge on any atom is 0.293 e. The van der Waals surface area contributed by atoms with Crippen LogP contribution in [0.15, 0.2) is 54.0 Å². The molecule has 0 spiro atoms. The average Bonchev–Trinajstić information content (AvgIpc) is 2.94. The van der Waals surface area contributed by atoms with Gasteiger partial charge in [-0.05, 0) is 70.6 Å². The van der Waals surface area contributed by atoms with Crippen LogP contribution < -0.4 is 9.47 Å². The van der Waals surface area contributed by atoms with E-state index in [1.807, 2.05) is 31.2 Å². The van der Waals surface area contributed by atoms with Gasteiger partial charge in [-0.3, -0.25) is 14.5 Å². The SMILES string of the molecule is C=CCN1C(=O)S/C(=C/c2cc(I)c(OCc3cccc(C)c3)c(OC)c2)C1=O. The maximum atomic E-state index is 12.4. The number of imide groups is 1. The Morgan fingerprint density at radius 2 is 2.03 bits per heavy atom. The van der Waals surface area contributed by atoms with Gasteiger partial charge in [0.05, 0.1) is 15.6 Å². The molecule has 3 rings (SSSR count). The number of nitrogens with zero attached hydrogens (tertiary/aromatic N) is 1. The number of hydrogen-bond acceptors (Lipinski definition) is 5. The maximum absolute atomic E-state index is 12.4. The van der Waals surface area contributed by atoms with Crippen molar-refractivity contribution < 1.29 is 19.1 Å². The molecule has 2 amide bonds. The molecular weight excluding hydrogens is 501 g/mol. The summed E-state index contributed by atoms with van der Waals surface area (Å²) in [7, 11) is 1.58. The molecule has 0 aliphatic carbocycles. The van der Waals surface area contributed by atoms with Gasteiger partial charge in [0.1, 0.15) is 6.61 Å². The Kier molecular flexibility index (Phi) is 7.02. The van der Waals surface area contributed by atoms with Crippen LogP contribution in [-0.4, -0.2) is 29.7 Å². The van der Waals surface area contributed by atoms with Crippen LogP contribution in [0.2, 0.25) is 0 Å². The van der Waals surface area contributed by atoms with Crippen molar-refractivity contribution in [1.82, 2.24) is 4.90 Å². The second-order valence-corrected chi connectivity index (χ2v) is 8.55. The molecule has 5 nitrogen and oxygen atoms in total. The zero-order valence-electron chi connectivity index (χ0n) is 16.1. The van der Waals surface area contributed by atoms with Crippen molar-refractivity contribution in [2.24, 2.45) is 0 Å². The molecule has 2 aromatic carbocycles. The van der Waals surface area contributed by atoms with Gasteiger partial charge in [0.25, 0.3) is 11.1 Å². The Bertz CT molecular complexity index is 1000. The summed E-state index contributed by atoms with van der Waals surface area (Å²) < 4.78 is 12.4. The van der Waals surface area contributed by atoms with Crippen molar-refractivity contribution in [3.63, 3.8) is 0 Å². The summed E-state index contributed by atoms with van der Waals surface area (Å²) in [5, 5.41) is -0.291. The number of carbonyl (C=O) groups is 2. The highest BCUT2D eigenvalue weighted by Gasteiger charge is 2.34. The van der Waals surface area contributed by atoms with Crippen LogP contribution in [0.4, 0.5) is 4.79 Å². The summed E-state index contributed by atoms with van der Waals surface area (Å²) in [4.78, 5) is 26.0. The highest BCUT2D eigenvalue weighted by Crippen LogP contribution is 2.37. The van der Waals surface area contributed by atoms with E-state index in [-0.39, 0.29) is 17.7 Å². The molecule has 1 heterocycles. The zero-order chi connectivity index (χ0) is 21.0. The first-order valence-electron chi connectivity index (χ1n) is 8.85. The molecule has 1 fully saturated rings. The van der Waals surface area contributed by atoms with Crippen molar-refractivity contribution in [2.45, 2.75) is 13.5 Å². The third-order valence-corrected chi connectivity index (χ3v) is 5.91. The summed E-state index contributed by atoms with van der Waals surface area (Å²) in [5.74, 6) is 0.904. The lowest BCUT2D eigenvalue weighted by Gasteiger charge is -2.14. The molecule has 0 saturated carbocycles. The van der Waals surface area contributed by atoms with Gasteiger partial charge in [-0.2, -0.15) is 0 Å². The van der Waals surface area contributed by atoms with Gasteiger partial charge in [0.2, 0.25) is 0 Å². The Balaban J connectivity index is 1.84. The molecular formula is C22H20INO4S. The molecule has 7 heteroatoms. The van der Waals surface area contributed by atoms with Crippen LogP contribution in [0.1, 0.15) is 16.7 Å². The Labute approximate surface area is 187 Å². The van der Waals surface area contributed by atoms with Crippen molar-refractivity contribution in [3.8, 4) is 11.5 Å². The Hall–Kier alpha value is -2.26. The number of aryl methyl sites for hydroxylation is 1. The molecule has 0 atom stereocenters. The third kappa shape index (κ3) is 5.02. The van der Waals surface area contributed by atoms with E-state index in [0.717, 1.165) is 26.5 Å². The summed E-state index contributed by atoms with van der Waals surface area (Å²) in [5.41, 5.74) is 3.01. The van der Waals surface area contributed by atoms with Crippen LogP contribution in [0.25, 0.3) is 6.08 Å². The predicted octanol–water partition coefficient (Wildman–Crippen LogP) is 5.41. The highest BCUT2D eigenvalue weighted by atomic mass is 127. The number of carbonyl (C=O) groups excluding carboxylic acids is 2.